The second-order valence-corrected chi connectivity index (χ2v) is 9.69. The monoisotopic (exact) mass is 537 g/mol. The van der Waals surface area contributed by atoms with Gasteiger partial charge in [-0.05, 0) is 68.1 Å². The Bertz CT molecular complexity index is 857. The van der Waals surface area contributed by atoms with Gasteiger partial charge in [-0.25, -0.2) is 8.78 Å². The summed E-state index contributed by atoms with van der Waals surface area (Å²) in [5, 5.41) is 10.2. The first kappa shape index (κ1) is 32.8. The van der Waals surface area contributed by atoms with E-state index >= 15 is 0 Å². The first-order chi connectivity index (χ1) is 17.7. The zero-order chi connectivity index (χ0) is 27.8. The Morgan fingerprint density at radius 3 is 2.30 bits per heavy atom. The number of nitrogens with one attached hydrogen (secondary N) is 3. The minimum absolute atomic E-state index is 0.00570. The molecule has 0 bridgehead atoms. The summed E-state index contributed by atoms with van der Waals surface area (Å²) in [7, 11) is 0. The van der Waals surface area contributed by atoms with E-state index in [4.69, 9.17) is 0 Å². The lowest BCUT2D eigenvalue weighted by Crippen LogP contribution is -2.35. The number of fused-ring (bicyclic) bond motifs is 1. The van der Waals surface area contributed by atoms with Crippen LogP contribution in [0.25, 0.3) is 0 Å². The van der Waals surface area contributed by atoms with Gasteiger partial charge in [-0.2, -0.15) is 12.6 Å². The molecule has 0 spiro atoms. The van der Waals surface area contributed by atoms with E-state index in [1.54, 1.807) is 6.08 Å². The molecular weight excluding hydrogens is 492 g/mol. The molecule has 3 aliphatic rings. The van der Waals surface area contributed by atoms with Gasteiger partial charge in [0.2, 0.25) is 11.8 Å². The van der Waals surface area contributed by atoms with E-state index in [1.807, 2.05) is 26.2 Å². The maximum absolute atomic E-state index is 13.3. The summed E-state index contributed by atoms with van der Waals surface area (Å²) in [4.78, 5) is 23.8. The Morgan fingerprint density at radius 1 is 1.16 bits per heavy atom. The Hall–Kier alpha value is -2.19. The lowest BCUT2D eigenvalue weighted by atomic mass is 9.90. The number of piperidine rings is 1. The number of thiol groups is 1. The second-order valence-electron chi connectivity index (χ2n) is 9.39. The Morgan fingerprint density at radius 2 is 1.76 bits per heavy atom. The first-order valence-corrected chi connectivity index (χ1v) is 13.9. The molecule has 1 heterocycles. The number of allylic oxidation sites excluding steroid dienone is 2. The predicted octanol–water partition coefficient (Wildman–Crippen LogP) is 6.55. The molecule has 2 saturated carbocycles. The highest BCUT2D eigenvalue weighted by Gasteiger charge is 2.56. The fraction of sp³-hybridized carbons (Fsp3) is 0.586. The van der Waals surface area contributed by atoms with Crippen LogP contribution in [-0.2, 0) is 15.5 Å². The van der Waals surface area contributed by atoms with Gasteiger partial charge < -0.3 is 16.0 Å². The van der Waals surface area contributed by atoms with Crippen LogP contribution in [0.4, 0.5) is 14.5 Å². The third kappa shape index (κ3) is 11.8. The van der Waals surface area contributed by atoms with Crippen molar-refractivity contribution in [2.24, 2.45) is 23.7 Å². The van der Waals surface area contributed by atoms with Crippen molar-refractivity contribution in [3.63, 3.8) is 0 Å². The molecular formula is C29H45F2N3O2S. The van der Waals surface area contributed by atoms with Gasteiger partial charge in [0.25, 0.3) is 5.92 Å². The minimum atomic E-state index is -2.97. The van der Waals surface area contributed by atoms with Crippen LogP contribution in [0.5, 0.6) is 0 Å². The summed E-state index contributed by atoms with van der Waals surface area (Å²) in [5.74, 6) is -1.87. The summed E-state index contributed by atoms with van der Waals surface area (Å²) < 4.78 is 26.5. The van der Waals surface area contributed by atoms with Crippen LogP contribution < -0.4 is 16.0 Å². The third-order valence-electron chi connectivity index (χ3n) is 6.48. The molecule has 0 aromatic heterocycles. The number of benzene rings is 1. The summed E-state index contributed by atoms with van der Waals surface area (Å²) in [5.41, 5.74) is 0.119. The zero-order valence-electron chi connectivity index (χ0n) is 22.7. The Labute approximate surface area is 227 Å². The molecule has 1 saturated heterocycles. The zero-order valence-corrected chi connectivity index (χ0v) is 23.6. The minimum Gasteiger partial charge on any atom is -0.347 e. The average molecular weight is 538 g/mol. The third-order valence-corrected chi connectivity index (χ3v) is 6.65. The summed E-state index contributed by atoms with van der Waals surface area (Å²) in [6.07, 6.45) is 11.0. The fourth-order valence-corrected chi connectivity index (χ4v) is 4.86. The normalized spacial score (nSPS) is 22.1. The van der Waals surface area contributed by atoms with Gasteiger partial charge in [0.15, 0.2) is 0 Å². The van der Waals surface area contributed by atoms with Crippen molar-refractivity contribution >= 4 is 30.1 Å². The summed E-state index contributed by atoms with van der Waals surface area (Å²) >= 11 is 4.05. The van der Waals surface area contributed by atoms with Gasteiger partial charge in [0.1, 0.15) is 0 Å². The standard InChI is InChI=1S/C16H19F2N3O2.C8H14S.C3H6.C2H6/c1-16(17,18)9-3-2-4-10(5-9)21-13(22)8-20-15(23)14-11-6-19-7-12(11)14;9-7-6-8-4-2-1-3-5-8;1-3-2;1-2/h2-5,11-12,14,19H,6-8H2,1H3,(H,20,23)(H,21,22);6-9H,1-5H2;3H,1H2,2H3;1-2H3. The topological polar surface area (TPSA) is 70.2 Å². The van der Waals surface area contributed by atoms with Crippen molar-refractivity contribution in [1.82, 2.24) is 10.6 Å². The van der Waals surface area contributed by atoms with Crippen molar-refractivity contribution in [2.45, 2.75) is 65.7 Å². The van der Waals surface area contributed by atoms with E-state index in [2.05, 4.69) is 41.2 Å². The molecule has 0 radical (unpaired) electrons. The van der Waals surface area contributed by atoms with Gasteiger partial charge >= 0.3 is 0 Å². The number of hydrogen-bond donors (Lipinski definition) is 4. The maximum atomic E-state index is 13.3. The van der Waals surface area contributed by atoms with Crippen LogP contribution in [0, 0.1) is 23.7 Å². The quantitative estimate of drug-likeness (QED) is 0.246. The van der Waals surface area contributed by atoms with Crippen molar-refractivity contribution < 1.29 is 18.4 Å². The smallest absolute Gasteiger partial charge is 0.270 e. The van der Waals surface area contributed by atoms with Crippen molar-refractivity contribution in [3.8, 4) is 0 Å². The molecule has 2 aliphatic carbocycles. The van der Waals surface area contributed by atoms with Gasteiger partial charge in [0.05, 0.1) is 6.54 Å². The first-order valence-electron chi connectivity index (χ1n) is 13.4. The molecule has 2 amide bonds. The van der Waals surface area contributed by atoms with Crippen molar-refractivity contribution in [3.05, 3.63) is 54.0 Å². The number of anilines is 1. The van der Waals surface area contributed by atoms with E-state index in [9.17, 15) is 18.4 Å². The number of carbonyl (C=O) groups excluding carboxylic acids is 2. The van der Waals surface area contributed by atoms with Crippen molar-refractivity contribution in [1.29, 1.82) is 0 Å². The molecule has 4 rings (SSSR count). The highest BCUT2D eigenvalue weighted by atomic mass is 32.1. The molecule has 8 heteroatoms. The maximum Gasteiger partial charge on any atom is 0.270 e. The van der Waals surface area contributed by atoms with E-state index in [0.29, 0.717) is 11.8 Å². The molecule has 3 fully saturated rings. The number of rotatable bonds is 6. The number of hydrogen-bond acceptors (Lipinski definition) is 4. The lowest BCUT2D eigenvalue weighted by Gasteiger charge is -2.17. The fourth-order valence-electron chi connectivity index (χ4n) is 4.62. The van der Waals surface area contributed by atoms with Crippen LogP contribution in [0.3, 0.4) is 0 Å². The van der Waals surface area contributed by atoms with E-state index in [-0.39, 0.29) is 29.6 Å². The molecule has 2 atom stereocenters. The number of carbonyl (C=O) groups is 2. The molecule has 1 aromatic carbocycles. The van der Waals surface area contributed by atoms with E-state index < -0.39 is 11.8 Å². The van der Waals surface area contributed by atoms with Crippen LogP contribution in [-0.4, -0.2) is 31.4 Å². The van der Waals surface area contributed by atoms with Crippen LogP contribution in [0.1, 0.15) is 65.4 Å². The van der Waals surface area contributed by atoms with Crippen LogP contribution in [0.2, 0.25) is 0 Å². The van der Waals surface area contributed by atoms with Gasteiger partial charge in [-0.1, -0.05) is 57.4 Å². The SMILES string of the molecule is C=CC.CC.CC(F)(F)c1cccc(NC(=O)CNC(=O)C2C3CNCC32)c1.SC=CC1CCCCC1. The Kier molecular flexibility index (Phi) is 15.4. The second kappa shape index (κ2) is 17.3. The molecule has 5 nitrogen and oxygen atoms in total. The molecule has 3 N–H and O–H groups in total. The highest BCUT2D eigenvalue weighted by Crippen LogP contribution is 2.48. The van der Waals surface area contributed by atoms with Crippen LogP contribution >= 0.6 is 12.6 Å². The summed E-state index contributed by atoms with van der Waals surface area (Å²) in [6.45, 7) is 11.6. The van der Waals surface area contributed by atoms with Gasteiger partial charge in [-0.3, -0.25) is 9.59 Å². The predicted molar refractivity (Wildman–Crippen MR) is 153 cm³/mol. The summed E-state index contributed by atoms with van der Waals surface area (Å²) in [6, 6.07) is 5.53. The van der Waals surface area contributed by atoms with E-state index in [1.165, 1.54) is 56.4 Å². The highest BCUT2D eigenvalue weighted by molar-refractivity contribution is 7.83. The number of halogens is 2. The molecule has 208 valence electrons. The average Bonchev–Trinajstić information content (AvgIpc) is 3.36. The lowest BCUT2D eigenvalue weighted by molar-refractivity contribution is -0.125. The van der Waals surface area contributed by atoms with Gasteiger partial charge in [-0.15, -0.1) is 6.58 Å². The molecule has 1 aromatic rings. The largest absolute Gasteiger partial charge is 0.347 e. The van der Waals surface area contributed by atoms with E-state index in [0.717, 1.165) is 25.9 Å². The number of alkyl halides is 2. The molecule has 1 aliphatic heterocycles. The van der Waals surface area contributed by atoms with Gasteiger partial charge in [0, 0.05) is 24.1 Å². The Balaban J connectivity index is 0.000000406. The molecule has 37 heavy (non-hydrogen) atoms. The number of amides is 2. The van der Waals surface area contributed by atoms with Crippen LogP contribution in [0.15, 0.2) is 48.4 Å². The molecule has 2 unspecified atom stereocenters. The van der Waals surface area contributed by atoms with Crippen molar-refractivity contribution in [2.75, 3.05) is 25.0 Å².